The van der Waals surface area contributed by atoms with Crippen molar-refractivity contribution in [2.75, 3.05) is 18.4 Å². The van der Waals surface area contributed by atoms with E-state index in [1.165, 1.54) is 6.33 Å². The van der Waals surface area contributed by atoms with E-state index in [0.717, 1.165) is 11.5 Å². The second kappa shape index (κ2) is 5.44. The first-order valence-electron chi connectivity index (χ1n) is 5.88. The van der Waals surface area contributed by atoms with E-state index in [4.69, 9.17) is 0 Å². The van der Waals surface area contributed by atoms with Crippen molar-refractivity contribution in [1.82, 2.24) is 24.9 Å². The number of amides is 1. The minimum absolute atomic E-state index is 0.0330. The fourth-order valence-electron chi connectivity index (χ4n) is 1.65. The zero-order valence-electron chi connectivity index (χ0n) is 10.5. The van der Waals surface area contributed by atoms with Gasteiger partial charge in [0.2, 0.25) is 5.91 Å². The van der Waals surface area contributed by atoms with Crippen molar-refractivity contribution in [2.24, 2.45) is 0 Å². The number of nitrogens with zero attached hydrogens (tertiary/aromatic N) is 4. The van der Waals surface area contributed by atoms with Crippen molar-refractivity contribution >= 4 is 17.5 Å². The third-order valence-electron chi connectivity index (χ3n) is 2.41. The number of aromatic nitrogens is 4. The number of rotatable bonds is 5. The lowest BCUT2D eigenvalue weighted by Gasteiger charge is -2.08. The molecule has 2 heterocycles. The van der Waals surface area contributed by atoms with Gasteiger partial charge in [0, 0.05) is 31.3 Å². The molecule has 0 aliphatic rings. The third-order valence-corrected chi connectivity index (χ3v) is 2.41. The SMILES string of the molecule is CCNC(=O)CCNc1cc(C)nc2ncnn12. The first-order valence-corrected chi connectivity index (χ1v) is 5.88. The van der Waals surface area contributed by atoms with Crippen LogP contribution in [0.15, 0.2) is 12.4 Å². The topological polar surface area (TPSA) is 84.2 Å². The molecule has 1 amide bonds. The molecule has 96 valence electrons. The molecule has 2 rings (SSSR count). The molecule has 18 heavy (non-hydrogen) atoms. The lowest BCUT2D eigenvalue weighted by atomic mass is 10.3. The van der Waals surface area contributed by atoms with Gasteiger partial charge in [0.1, 0.15) is 12.1 Å². The van der Waals surface area contributed by atoms with E-state index < -0.39 is 0 Å². The van der Waals surface area contributed by atoms with E-state index in [-0.39, 0.29) is 5.91 Å². The molecule has 0 aliphatic heterocycles. The summed E-state index contributed by atoms with van der Waals surface area (Å²) in [5.41, 5.74) is 0.857. The second-order valence-corrected chi connectivity index (χ2v) is 3.88. The lowest BCUT2D eigenvalue weighted by Crippen LogP contribution is -2.25. The highest BCUT2D eigenvalue weighted by Crippen LogP contribution is 2.09. The molecule has 2 aromatic heterocycles. The molecule has 7 nitrogen and oxygen atoms in total. The molecule has 0 saturated carbocycles. The summed E-state index contributed by atoms with van der Waals surface area (Å²) in [6, 6.07) is 1.87. The van der Waals surface area contributed by atoms with Crippen LogP contribution in [-0.2, 0) is 4.79 Å². The van der Waals surface area contributed by atoms with Crippen LogP contribution in [0.1, 0.15) is 19.0 Å². The van der Waals surface area contributed by atoms with Gasteiger partial charge in [0.25, 0.3) is 5.78 Å². The normalized spacial score (nSPS) is 10.6. The molecular weight excluding hydrogens is 232 g/mol. The maximum atomic E-state index is 11.3. The smallest absolute Gasteiger partial charge is 0.254 e. The Bertz CT molecular complexity index is 549. The first kappa shape index (κ1) is 12.3. The van der Waals surface area contributed by atoms with Gasteiger partial charge in [0.05, 0.1) is 0 Å². The molecule has 0 saturated heterocycles. The van der Waals surface area contributed by atoms with E-state index in [1.54, 1.807) is 4.52 Å². The maximum absolute atomic E-state index is 11.3. The summed E-state index contributed by atoms with van der Waals surface area (Å²) in [6.07, 6.45) is 1.88. The molecule has 0 atom stereocenters. The molecule has 0 aliphatic carbocycles. The molecule has 7 heteroatoms. The van der Waals surface area contributed by atoms with Gasteiger partial charge < -0.3 is 10.6 Å². The predicted molar refractivity (Wildman–Crippen MR) is 67.3 cm³/mol. The number of anilines is 1. The van der Waals surface area contributed by atoms with Gasteiger partial charge in [0.15, 0.2) is 0 Å². The minimum atomic E-state index is 0.0330. The molecule has 0 unspecified atom stereocenters. The van der Waals surface area contributed by atoms with Crippen LogP contribution in [-0.4, -0.2) is 38.6 Å². The van der Waals surface area contributed by atoms with E-state index in [2.05, 4.69) is 25.7 Å². The highest BCUT2D eigenvalue weighted by molar-refractivity contribution is 5.76. The van der Waals surface area contributed by atoms with Crippen molar-refractivity contribution < 1.29 is 4.79 Å². The Kier molecular flexibility index (Phi) is 3.71. The largest absolute Gasteiger partial charge is 0.369 e. The Morgan fingerprint density at radius 2 is 2.33 bits per heavy atom. The molecule has 2 N–H and O–H groups in total. The monoisotopic (exact) mass is 248 g/mol. The first-order chi connectivity index (χ1) is 8.70. The Balaban J connectivity index is 2.03. The minimum Gasteiger partial charge on any atom is -0.369 e. The summed E-state index contributed by atoms with van der Waals surface area (Å²) in [6.45, 7) is 4.99. The molecule has 0 aromatic carbocycles. The van der Waals surface area contributed by atoms with Gasteiger partial charge in [-0.1, -0.05) is 0 Å². The van der Waals surface area contributed by atoms with Crippen LogP contribution >= 0.6 is 0 Å². The maximum Gasteiger partial charge on any atom is 0.254 e. The van der Waals surface area contributed by atoms with Crippen LogP contribution in [0.4, 0.5) is 5.82 Å². The fraction of sp³-hybridized carbons (Fsp3) is 0.455. The molecular formula is C11H16N6O. The number of carbonyl (C=O) groups excluding carboxylic acids is 1. The molecule has 0 spiro atoms. The molecule has 0 radical (unpaired) electrons. The lowest BCUT2D eigenvalue weighted by molar-refractivity contribution is -0.120. The summed E-state index contributed by atoms with van der Waals surface area (Å²) in [5, 5.41) is 9.99. The number of carbonyl (C=O) groups is 1. The Labute approximate surface area is 105 Å². The number of fused-ring (bicyclic) bond motifs is 1. The van der Waals surface area contributed by atoms with E-state index in [0.29, 0.717) is 25.3 Å². The van der Waals surface area contributed by atoms with Crippen LogP contribution in [0.2, 0.25) is 0 Å². The quantitative estimate of drug-likeness (QED) is 0.798. The zero-order chi connectivity index (χ0) is 13.0. The second-order valence-electron chi connectivity index (χ2n) is 3.88. The van der Waals surface area contributed by atoms with Gasteiger partial charge >= 0.3 is 0 Å². The molecule has 0 bridgehead atoms. The Morgan fingerprint density at radius 3 is 3.11 bits per heavy atom. The Morgan fingerprint density at radius 1 is 1.50 bits per heavy atom. The van der Waals surface area contributed by atoms with Crippen molar-refractivity contribution in [3.05, 3.63) is 18.1 Å². The predicted octanol–water partition coefficient (Wildman–Crippen LogP) is 0.371. The van der Waals surface area contributed by atoms with Gasteiger partial charge in [-0.15, -0.1) is 0 Å². The zero-order valence-corrected chi connectivity index (χ0v) is 10.5. The highest BCUT2D eigenvalue weighted by Gasteiger charge is 2.05. The van der Waals surface area contributed by atoms with Gasteiger partial charge in [-0.25, -0.2) is 4.98 Å². The summed E-state index contributed by atoms with van der Waals surface area (Å²) >= 11 is 0. The fourth-order valence-corrected chi connectivity index (χ4v) is 1.65. The number of nitrogens with one attached hydrogen (secondary N) is 2. The van der Waals surface area contributed by atoms with Crippen molar-refractivity contribution in [2.45, 2.75) is 20.3 Å². The molecule has 2 aromatic rings. The number of hydrogen-bond donors (Lipinski definition) is 2. The summed E-state index contributed by atoms with van der Waals surface area (Å²) < 4.78 is 1.62. The van der Waals surface area contributed by atoms with Crippen LogP contribution < -0.4 is 10.6 Å². The Hall–Kier alpha value is -2.18. The van der Waals surface area contributed by atoms with Crippen LogP contribution in [0.25, 0.3) is 5.78 Å². The van der Waals surface area contributed by atoms with E-state index >= 15 is 0 Å². The summed E-state index contributed by atoms with van der Waals surface area (Å²) in [5.74, 6) is 1.38. The average Bonchev–Trinajstić information content (AvgIpc) is 2.77. The van der Waals surface area contributed by atoms with Gasteiger partial charge in [-0.3, -0.25) is 4.79 Å². The van der Waals surface area contributed by atoms with E-state index in [1.807, 2.05) is 19.9 Å². The summed E-state index contributed by atoms with van der Waals surface area (Å²) in [7, 11) is 0. The van der Waals surface area contributed by atoms with Crippen LogP contribution in [0.5, 0.6) is 0 Å². The van der Waals surface area contributed by atoms with Gasteiger partial charge in [-0.2, -0.15) is 14.6 Å². The number of hydrogen-bond acceptors (Lipinski definition) is 5. The molecule has 0 fully saturated rings. The van der Waals surface area contributed by atoms with Crippen molar-refractivity contribution in [3.63, 3.8) is 0 Å². The van der Waals surface area contributed by atoms with Crippen molar-refractivity contribution in [1.29, 1.82) is 0 Å². The number of aryl methyl sites for hydroxylation is 1. The van der Waals surface area contributed by atoms with Gasteiger partial charge in [-0.05, 0) is 13.8 Å². The van der Waals surface area contributed by atoms with Crippen LogP contribution in [0.3, 0.4) is 0 Å². The van der Waals surface area contributed by atoms with Crippen molar-refractivity contribution in [3.8, 4) is 0 Å². The summed E-state index contributed by atoms with van der Waals surface area (Å²) in [4.78, 5) is 19.6. The van der Waals surface area contributed by atoms with Crippen LogP contribution in [0, 0.1) is 6.92 Å². The third kappa shape index (κ3) is 2.73. The van der Waals surface area contributed by atoms with E-state index in [9.17, 15) is 4.79 Å². The standard InChI is InChI=1S/C11H16N6O/c1-3-12-10(18)4-5-13-9-6-8(2)16-11-14-7-15-17(9)11/h6-7,13H,3-5H2,1-2H3,(H,12,18). The average molecular weight is 248 g/mol. The highest BCUT2D eigenvalue weighted by atomic mass is 16.1.